The van der Waals surface area contributed by atoms with Crippen LogP contribution in [0.5, 0.6) is 5.75 Å². The van der Waals surface area contributed by atoms with Crippen LogP contribution in [0.15, 0.2) is 61.2 Å². The van der Waals surface area contributed by atoms with Gasteiger partial charge in [-0.15, -0.1) is 19.0 Å². The highest BCUT2D eigenvalue weighted by Crippen LogP contribution is 2.34. The first-order valence-corrected chi connectivity index (χ1v) is 11.7. The van der Waals surface area contributed by atoms with Crippen LogP contribution in [-0.2, 0) is 0 Å². The van der Waals surface area contributed by atoms with Crippen molar-refractivity contribution in [1.82, 2.24) is 14.7 Å². The SMILES string of the molecule is C=CCN1C[C@H](C)N([C@H](c2ccc(C(=O)N(CC)CC)cc2)c2cccc(O)c2)C[C@H]1C.Cl. The third kappa shape index (κ3) is 6.17. The van der Waals surface area contributed by atoms with Crippen LogP contribution in [-0.4, -0.2) is 70.5 Å². The summed E-state index contributed by atoms with van der Waals surface area (Å²) in [6, 6.07) is 16.3. The maximum Gasteiger partial charge on any atom is 0.253 e. The van der Waals surface area contributed by atoms with E-state index in [4.69, 9.17) is 0 Å². The number of phenols is 1. The number of carbonyl (C=O) groups is 1. The first-order chi connectivity index (χ1) is 15.4. The number of benzene rings is 2. The average molecular weight is 472 g/mol. The zero-order chi connectivity index (χ0) is 23.3. The predicted octanol–water partition coefficient (Wildman–Crippen LogP) is 4.97. The molecule has 1 fully saturated rings. The Morgan fingerprint density at radius 1 is 1.09 bits per heavy atom. The van der Waals surface area contributed by atoms with Crippen LogP contribution in [0.3, 0.4) is 0 Å². The summed E-state index contributed by atoms with van der Waals surface area (Å²) in [7, 11) is 0. The van der Waals surface area contributed by atoms with E-state index in [-0.39, 0.29) is 30.1 Å². The Bertz CT molecular complexity index is 914. The second-order valence-electron chi connectivity index (χ2n) is 8.73. The molecule has 33 heavy (non-hydrogen) atoms. The molecule has 0 aliphatic carbocycles. The molecule has 0 spiro atoms. The van der Waals surface area contributed by atoms with Crippen molar-refractivity contribution < 1.29 is 9.90 Å². The van der Waals surface area contributed by atoms with Crippen LogP contribution in [0.1, 0.15) is 55.2 Å². The van der Waals surface area contributed by atoms with Gasteiger partial charge in [0.25, 0.3) is 5.91 Å². The molecular formula is C27H38ClN3O2. The Balaban J connectivity index is 0.00000385. The molecule has 0 saturated carbocycles. The van der Waals surface area contributed by atoms with E-state index < -0.39 is 0 Å². The first-order valence-electron chi connectivity index (χ1n) is 11.7. The van der Waals surface area contributed by atoms with Crippen LogP contribution in [0.4, 0.5) is 0 Å². The molecule has 6 heteroatoms. The van der Waals surface area contributed by atoms with Gasteiger partial charge in [0.2, 0.25) is 0 Å². The molecular weight excluding hydrogens is 434 g/mol. The summed E-state index contributed by atoms with van der Waals surface area (Å²) in [4.78, 5) is 19.6. The van der Waals surface area contributed by atoms with Gasteiger partial charge in [-0.3, -0.25) is 14.6 Å². The quantitative estimate of drug-likeness (QED) is 0.552. The van der Waals surface area contributed by atoms with Crippen LogP contribution in [0.25, 0.3) is 0 Å². The van der Waals surface area contributed by atoms with E-state index in [1.807, 2.05) is 49.1 Å². The molecule has 2 aromatic rings. The molecule has 1 amide bonds. The van der Waals surface area contributed by atoms with Gasteiger partial charge < -0.3 is 10.0 Å². The van der Waals surface area contributed by atoms with Gasteiger partial charge in [0, 0.05) is 50.4 Å². The Morgan fingerprint density at radius 2 is 1.76 bits per heavy atom. The van der Waals surface area contributed by atoms with Gasteiger partial charge >= 0.3 is 0 Å². The molecule has 0 bridgehead atoms. The van der Waals surface area contributed by atoms with Gasteiger partial charge in [0.1, 0.15) is 5.75 Å². The van der Waals surface area contributed by atoms with Crippen molar-refractivity contribution in [2.75, 3.05) is 32.7 Å². The number of nitrogens with zero attached hydrogens (tertiary/aromatic N) is 3. The molecule has 3 rings (SSSR count). The number of hydrogen-bond acceptors (Lipinski definition) is 4. The summed E-state index contributed by atoms with van der Waals surface area (Å²) in [5, 5.41) is 10.2. The van der Waals surface area contributed by atoms with Crippen molar-refractivity contribution in [2.24, 2.45) is 0 Å². The molecule has 1 heterocycles. The Morgan fingerprint density at radius 3 is 2.33 bits per heavy atom. The number of hydrogen-bond donors (Lipinski definition) is 1. The van der Waals surface area contributed by atoms with E-state index in [0.29, 0.717) is 30.7 Å². The van der Waals surface area contributed by atoms with Gasteiger partial charge in [-0.05, 0) is 63.1 Å². The van der Waals surface area contributed by atoms with Gasteiger partial charge in [-0.2, -0.15) is 0 Å². The largest absolute Gasteiger partial charge is 0.508 e. The Kier molecular flexibility index (Phi) is 9.96. The highest BCUT2D eigenvalue weighted by atomic mass is 35.5. The monoisotopic (exact) mass is 471 g/mol. The minimum atomic E-state index is 0. The smallest absolute Gasteiger partial charge is 0.253 e. The van der Waals surface area contributed by atoms with Crippen molar-refractivity contribution in [2.45, 2.75) is 45.8 Å². The molecule has 5 nitrogen and oxygen atoms in total. The normalized spacial score (nSPS) is 20.0. The molecule has 1 aliphatic heterocycles. The summed E-state index contributed by atoms with van der Waals surface area (Å²) < 4.78 is 0. The minimum absolute atomic E-state index is 0. The highest BCUT2D eigenvalue weighted by Gasteiger charge is 2.34. The first kappa shape index (κ1) is 26.9. The van der Waals surface area contributed by atoms with Crippen molar-refractivity contribution in [3.8, 4) is 5.75 Å². The van der Waals surface area contributed by atoms with Gasteiger partial charge in [0.15, 0.2) is 0 Å². The van der Waals surface area contributed by atoms with E-state index in [1.165, 1.54) is 0 Å². The zero-order valence-corrected chi connectivity index (χ0v) is 21.1. The number of halogens is 1. The van der Waals surface area contributed by atoms with Crippen molar-refractivity contribution in [3.05, 3.63) is 77.9 Å². The zero-order valence-electron chi connectivity index (χ0n) is 20.3. The fraction of sp³-hybridized carbons (Fsp3) is 0.444. The lowest BCUT2D eigenvalue weighted by atomic mass is 9.92. The molecule has 2 aromatic carbocycles. The lowest BCUT2D eigenvalue weighted by Crippen LogP contribution is -2.57. The summed E-state index contributed by atoms with van der Waals surface area (Å²) in [6.07, 6.45) is 1.97. The molecule has 0 unspecified atom stereocenters. The molecule has 1 aliphatic rings. The average Bonchev–Trinajstić information content (AvgIpc) is 2.78. The molecule has 1 N–H and O–H groups in total. The number of rotatable bonds is 8. The lowest BCUT2D eigenvalue weighted by molar-refractivity contribution is 0.0306. The van der Waals surface area contributed by atoms with Crippen LogP contribution < -0.4 is 0 Å². The number of amides is 1. The number of carbonyl (C=O) groups excluding carboxylic acids is 1. The van der Waals surface area contributed by atoms with E-state index in [1.54, 1.807) is 6.07 Å². The maximum atomic E-state index is 12.8. The third-order valence-electron chi connectivity index (χ3n) is 6.57. The van der Waals surface area contributed by atoms with Gasteiger partial charge in [-0.25, -0.2) is 0 Å². The van der Waals surface area contributed by atoms with Crippen LogP contribution >= 0.6 is 12.4 Å². The van der Waals surface area contributed by atoms with Gasteiger partial charge in [-0.1, -0.05) is 30.3 Å². The molecule has 1 saturated heterocycles. The number of phenolic OH excluding ortho intramolecular Hbond substituents is 1. The van der Waals surface area contributed by atoms with E-state index in [2.05, 4.69) is 48.4 Å². The standard InChI is InChI=1S/C27H37N3O2.ClH/c1-6-16-29-18-21(5)30(19-20(29)4)26(24-10-9-11-25(31)17-24)22-12-14-23(15-13-22)27(32)28(7-2)8-3;/h6,9-15,17,20-21,26,31H,1,7-8,16,18-19H2,2-5H3;1H/t20-,21+,26-;/m1./s1. The number of aromatic hydroxyl groups is 1. The second-order valence-corrected chi connectivity index (χ2v) is 8.73. The minimum Gasteiger partial charge on any atom is -0.508 e. The third-order valence-corrected chi connectivity index (χ3v) is 6.57. The van der Waals surface area contributed by atoms with Crippen LogP contribution in [0.2, 0.25) is 0 Å². The summed E-state index contributed by atoms with van der Waals surface area (Å²) >= 11 is 0. The lowest BCUT2D eigenvalue weighted by Gasteiger charge is -2.47. The maximum absolute atomic E-state index is 12.8. The predicted molar refractivity (Wildman–Crippen MR) is 138 cm³/mol. The topological polar surface area (TPSA) is 47.0 Å². The second kappa shape index (κ2) is 12.2. The van der Waals surface area contributed by atoms with E-state index in [0.717, 1.165) is 30.8 Å². The highest BCUT2D eigenvalue weighted by molar-refractivity contribution is 5.94. The Hall–Kier alpha value is -2.34. The van der Waals surface area contributed by atoms with E-state index in [9.17, 15) is 9.90 Å². The van der Waals surface area contributed by atoms with Crippen molar-refractivity contribution >= 4 is 18.3 Å². The fourth-order valence-corrected chi connectivity index (χ4v) is 4.78. The summed E-state index contributed by atoms with van der Waals surface area (Å²) in [5.41, 5.74) is 2.90. The molecule has 180 valence electrons. The molecule has 3 atom stereocenters. The number of piperazine rings is 1. The van der Waals surface area contributed by atoms with Crippen molar-refractivity contribution in [3.63, 3.8) is 0 Å². The van der Waals surface area contributed by atoms with Crippen LogP contribution in [0, 0.1) is 0 Å². The molecule has 0 radical (unpaired) electrons. The fourth-order valence-electron chi connectivity index (χ4n) is 4.78. The van der Waals surface area contributed by atoms with E-state index >= 15 is 0 Å². The summed E-state index contributed by atoms with van der Waals surface area (Å²) in [6.45, 7) is 16.6. The molecule has 0 aromatic heterocycles. The van der Waals surface area contributed by atoms with Gasteiger partial charge in [0.05, 0.1) is 6.04 Å². The van der Waals surface area contributed by atoms with Crippen molar-refractivity contribution in [1.29, 1.82) is 0 Å². The Labute approximate surface area is 205 Å². The summed E-state index contributed by atoms with van der Waals surface area (Å²) in [5.74, 6) is 0.335.